The van der Waals surface area contributed by atoms with Gasteiger partial charge in [0.1, 0.15) is 12.1 Å². The van der Waals surface area contributed by atoms with Crippen molar-refractivity contribution in [1.82, 2.24) is 9.97 Å². The van der Waals surface area contributed by atoms with Crippen molar-refractivity contribution in [2.24, 2.45) is 0 Å². The Morgan fingerprint density at radius 1 is 1.18 bits per heavy atom. The Labute approximate surface area is 104 Å². The van der Waals surface area contributed by atoms with Gasteiger partial charge in [-0.2, -0.15) is 0 Å². The van der Waals surface area contributed by atoms with Crippen molar-refractivity contribution in [3.05, 3.63) is 11.9 Å². The largest absolute Gasteiger partial charge is 0.477 e. The van der Waals surface area contributed by atoms with E-state index in [1.165, 1.54) is 12.8 Å². The molecular weight excluding hydrogens is 214 g/mol. The van der Waals surface area contributed by atoms with Crippen LogP contribution in [0.25, 0.3) is 0 Å². The summed E-state index contributed by atoms with van der Waals surface area (Å²) >= 11 is 0. The molecule has 0 radical (unpaired) electrons. The van der Waals surface area contributed by atoms with E-state index >= 15 is 0 Å². The highest BCUT2D eigenvalue weighted by molar-refractivity contribution is 5.48. The van der Waals surface area contributed by atoms with E-state index in [9.17, 15) is 0 Å². The lowest BCUT2D eigenvalue weighted by atomic mass is 10.2. The van der Waals surface area contributed by atoms with Crippen molar-refractivity contribution < 1.29 is 4.74 Å². The third-order valence-electron chi connectivity index (χ3n) is 2.63. The van der Waals surface area contributed by atoms with Crippen molar-refractivity contribution in [3.63, 3.8) is 0 Å². The van der Waals surface area contributed by atoms with Crippen LogP contribution in [-0.4, -0.2) is 23.6 Å². The molecule has 0 bridgehead atoms. The van der Waals surface area contributed by atoms with Crippen LogP contribution >= 0.6 is 0 Å². The number of nitrogens with zero attached hydrogens (tertiary/aromatic N) is 2. The first-order chi connectivity index (χ1) is 8.33. The second-order valence-electron chi connectivity index (χ2n) is 4.06. The zero-order valence-corrected chi connectivity index (χ0v) is 11.1. The Hall–Kier alpha value is -1.32. The fourth-order valence-electron chi connectivity index (χ4n) is 1.73. The van der Waals surface area contributed by atoms with E-state index in [1.807, 2.05) is 7.05 Å². The molecular formula is C13H23N3O. The summed E-state index contributed by atoms with van der Waals surface area (Å²) < 4.78 is 5.74. The van der Waals surface area contributed by atoms with Gasteiger partial charge in [0.05, 0.1) is 12.2 Å². The third kappa shape index (κ3) is 4.21. The first kappa shape index (κ1) is 13.7. The minimum atomic E-state index is 0.738. The topological polar surface area (TPSA) is 47.0 Å². The van der Waals surface area contributed by atoms with Crippen LogP contribution in [0.1, 0.15) is 45.1 Å². The number of unbranched alkanes of at least 4 members (excludes halogenated alkanes) is 2. The molecule has 0 saturated carbocycles. The molecule has 0 aromatic carbocycles. The number of rotatable bonds is 8. The molecule has 0 aliphatic carbocycles. The molecule has 0 amide bonds. The first-order valence-corrected chi connectivity index (χ1v) is 6.47. The monoisotopic (exact) mass is 237 g/mol. The van der Waals surface area contributed by atoms with E-state index in [-0.39, 0.29) is 0 Å². The minimum absolute atomic E-state index is 0.738. The van der Waals surface area contributed by atoms with Crippen molar-refractivity contribution in [2.45, 2.75) is 46.0 Å². The lowest BCUT2D eigenvalue weighted by molar-refractivity contribution is 0.291. The molecule has 0 atom stereocenters. The lowest BCUT2D eigenvalue weighted by Crippen LogP contribution is -2.06. The van der Waals surface area contributed by atoms with Gasteiger partial charge in [-0.25, -0.2) is 9.97 Å². The Morgan fingerprint density at radius 3 is 2.65 bits per heavy atom. The number of hydrogen-bond acceptors (Lipinski definition) is 4. The molecule has 4 nitrogen and oxygen atoms in total. The highest BCUT2D eigenvalue weighted by Gasteiger charge is 2.10. The van der Waals surface area contributed by atoms with Gasteiger partial charge in [-0.15, -0.1) is 0 Å². The van der Waals surface area contributed by atoms with E-state index in [0.29, 0.717) is 0 Å². The van der Waals surface area contributed by atoms with Gasteiger partial charge in [0.15, 0.2) is 0 Å². The average molecular weight is 237 g/mol. The summed E-state index contributed by atoms with van der Waals surface area (Å²) in [6, 6.07) is 0. The van der Waals surface area contributed by atoms with Crippen LogP contribution in [0.5, 0.6) is 5.88 Å². The molecule has 1 rings (SSSR count). The zero-order chi connectivity index (χ0) is 12.5. The van der Waals surface area contributed by atoms with Crippen LogP contribution < -0.4 is 10.1 Å². The normalized spacial score (nSPS) is 10.3. The summed E-state index contributed by atoms with van der Waals surface area (Å²) in [5.41, 5.74) is 1.09. The van der Waals surface area contributed by atoms with Crippen LogP contribution in [-0.2, 0) is 6.42 Å². The molecule has 1 N–H and O–H groups in total. The highest BCUT2D eigenvalue weighted by Crippen LogP contribution is 2.23. The van der Waals surface area contributed by atoms with Gasteiger partial charge in [0, 0.05) is 7.05 Å². The lowest BCUT2D eigenvalue weighted by Gasteiger charge is -2.12. The fourth-order valence-corrected chi connectivity index (χ4v) is 1.73. The van der Waals surface area contributed by atoms with Gasteiger partial charge in [0.2, 0.25) is 5.88 Å². The molecule has 0 aliphatic heterocycles. The van der Waals surface area contributed by atoms with Gasteiger partial charge in [-0.1, -0.05) is 33.1 Å². The van der Waals surface area contributed by atoms with Crippen molar-refractivity contribution >= 4 is 5.82 Å². The molecule has 1 aromatic heterocycles. The number of hydrogen-bond donors (Lipinski definition) is 1. The average Bonchev–Trinajstić information content (AvgIpc) is 2.36. The van der Waals surface area contributed by atoms with E-state index in [2.05, 4.69) is 29.1 Å². The van der Waals surface area contributed by atoms with Crippen LogP contribution in [0.3, 0.4) is 0 Å². The maximum Gasteiger partial charge on any atom is 0.221 e. The SMILES string of the molecule is CCCCCOc1ncnc(NC)c1CCC. The number of ether oxygens (including phenoxy) is 1. The Balaban J connectivity index is 2.68. The molecule has 0 saturated heterocycles. The molecule has 4 heteroatoms. The molecule has 0 fully saturated rings. The molecule has 17 heavy (non-hydrogen) atoms. The van der Waals surface area contributed by atoms with Gasteiger partial charge in [-0.3, -0.25) is 0 Å². The number of nitrogens with one attached hydrogen (secondary N) is 1. The Bertz CT molecular complexity index is 328. The van der Waals surface area contributed by atoms with E-state index < -0.39 is 0 Å². The number of aromatic nitrogens is 2. The van der Waals surface area contributed by atoms with Gasteiger partial charge in [0.25, 0.3) is 0 Å². The van der Waals surface area contributed by atoms with Gasteiger partial charge in [-0.05, 0) is 12.8 Å². The zero-order valence-electron chi connectivity index (χ0n) is 11.1. The van der Waals surface area contributed by atoms with Crippen molar-refractivity contribution in [1.29, 1.82) is 0 Å². The van der Waals surface area contributed by atoms with Crippen molar-refractivity contribution in [3.8, 4) is 5.88 Å². The molecule has 0 aliphatic rings. The number of anilines is 1. The molecule has 0 unspecified atom stereocenters. The summed E-state index contributed by atoms with van der Waals surface area (Å²) in [5, 5.41) is 3.09. The fraction of sp³-hybridized carbons (Fsp3) is 0.692. The summed E-state index contributed by atoms with van der Waals surface area (Å²) in [4.78, 5) is 8.45. The minimum Gasteiger partial charge on any atom is -0.477 e. The van der Waals surface area contributed by atoms with E-state index in [1.54, 1.807) is 6.33 Å². The Morgan fingerprint density at radius 2 is 2.00 bits per heavy atom. The predicted molar refractivity (Wildman–Crippen MR) is 70.6 cm³/mol. The van der Waals surface area contributed by atoms with Crippen LogP contribution in [0.15, 0.2) is 6.33 Å². The maximum absolute atomic E-state index is 5.74. The van der Waals surface area contributed by atoms with Crippen molar-refractivity contribution in [2.75, 3.05) is 19.0 Å². The quantitative estimate of drug-likeness (QED) is 0.706. The molecule has 0 spiro atoms. The molecule has 1 aromatic rings. The molecule has 96 valence electrons. The van der Waals surface area contributed by atoms with Crippen LogP contribution in [0, 0.1) is 0 Å². The highest BCUT2D eigenvalue weighted by atomic mass is 16.5. The van der Waals surface area contributed by atoms with Crippen LogP contribution in [0.2, 0.25) is 0 Å². The summed E-state index contributed by atoms with van der Waals surface area (Å²) in [5.74, 6) is 1.62. The van der Waals surface area contributed by atoms with E-state index in [4.69, 9.17) is 4.74 Å². The molecule has 1 heterocycles. The maximum atomic E-state index is 5.74. The van der Waals surface area contributed by atoms with Crippen LogP contribution in [0.4, 0.5) is 5.82 Å². The first-order valence-electron chi connectivity index (χ1n) is 6.47. The van der Waals surface area contributed by atoms with Gasteiger partial charge >= 0.3 is 0 Å². The second kappa shape index (κ2) is 7.87. The predicted octanol–water partition coefficient (Wildman–Crippen LogP) is 3.04. The third-order valence-corrected chi connectivity index (χ3v) is 2.63. The second-order valence-corrected chi connectivity index (χ2v) is 4.06. The summed E-state index contributed by atoms with van der Waals surface area (Å²) in [7, 11) is 1.88. The Kier molecular flexibility index (Phi) is 6.37. The summed E-state index contributed by atoms with van der Waals surface area (Å²) in [6.45, 7) is 5.07. The smallest absolute Gasteiger partial charge is 0.221 e. The standard InChI is InChI=1S/C13H23N3O/c1-4-6-7-9-17-13-11(8-5-2)12(14-3)15-10-16-13/h10H,4-9H2,1-3H3,(H,14,15,16). The van der Waals surface area contributed by atoms with E-state index in [0.717, 1.165) is 43.1 Å². The summed E-state index contributed by atoms with van der Waals surface area (Å²) in [6.07, 6.45) is 7.05. The van der Waals surface area contributed by atoms with Gasteiger partial charge < -0.3 is 10.1 Å².